The molecule has 0 spiro atoms. The summed E-state index contributed by atoms with van der Waals surface area (Å²) in [6.07, 6.45) is 2.42. The number of carbonyl (C=O) groups is 1. The lowest BCUT2D eigenvalue weighted by atomic mass is 10.2. The summed E-state index contributed by atoms with van der Waals surface area (Å²) in [6, 6.07) is 17.6. The number of para-hydroxylation sites is 1. The zero-order chi connectivity index (χ0) is 23.5. The third-order valence-corrected chi connectivity index (χ3v) is 7.94. The fourth-order valence-electron chi connectivity index (χ4n) is 4.27. The Hall–Kier alpha value is -3.43. The van der Waals surface area contributed by atoms with Crippen LogP contribution in [0.5, 0.6) is 0 Å². The number of hydrogen-bond donors (Lipinski definition) is 1. The van der Waals surface area contributed by atoms with Crippen molar-refractivity contribution in [3.05, 3.63) is 83.6 Å². The van der Waals surface area contributed by atoms with Crippen LogP contribution < -0.4 is 14.5 Å². The van der Waals surface area contributed by atoms with Gasteiger partial charge in [-0.3, -0.25) is 9.10 Å². The normalized spacial score (nSPS) is 15.8. The van der Waals surface area contributed by atoms with E-state index >= 15 is 0 Å². The van der Waals surface area contributed by atoms with Gasteiger partial charge in [-0.15, -0.1) is 0 Å². The van der Waals surface area contributed by atoms with Crippen LogP contribution in [-0.4, -0.2) is 52.2 Å². The minimum absolute atomic E-state index is 0.105. The van der Waals surface area contributed by atoms with Crippen LogP contribution >= 0.6 is 0 Å². The van der Waals surface area contributed by atoms with Crippen molar-refractivity contribution < 1.29 is 17.9 Å². The minimum Gasteiger partial charge on any atom is -0.378 e. The maximum absolute atomic E-state index is 13.3. The molecule has 8 nitrogen and oxygen atoms in total. The maximum Gasteiger partial charge on any atom is 0.264 e. The number of morpholine rings is 1. The first-order chi connectivity index (χ1) is 16.5. The summed E-state index contributed by atoms with van der Waals surface area (Å²) in [7, 11) is -3.76. The van der Waals surface area contributed by atoms with E-state index < -0.39 is 10.0 Å². The number of benzene rings is 2. The van der Waals surface area contributed by atoms with Crippen molar-refractivity contribution in [2.75, 3.05) is 42.1 Å². The quantitative estimate of drug-likeness (QED) is 0.586. The Kier molecular flexibility index (Phi) is 6.21. The van der Waals surface area contributed by atoms with Gasteiger partial charge in [0, 0.05) is 37.9 Å². The van der Waals surface area contributed by atoms with Crippen molar-refractivity contribution in [2.24, 2.45) is 0 Å². The third kappa shape index (κ3) is 4.49. The van der Waals surface area contributed by atoms with Gasteiger partial charge in [-0.25, -0.2) is 13.4 Å². The molecule has 2 aliphatic heterocycles. The van der Waals surface area contributed by atoms with Crippen LogP contribution in [0.15, 0.2) is 71.8 Å². The average molecular weight is 479 g/mol. The fraction of sp³-hybridized carbons (Fsp3) is 0.280. The highest BCUT2D eigenvalue weighted by atomic mass is 32.2. The number of pyridine rings is 1. The Morgan fingerprint density at radius 1 is 1.00 bits per heavy atom. The van der Waals surface area contributed by atoms with Crippen LogP contribution in [0.2, 0.25) is 0 Å². The Morgan fingerprint density at radius 3 is 2.62 bits per heavy atom. The molecule has 2 aromatic carbocycles. The standard InChI is InChI=1S/C25H26N4O4S/c30-25(27-18-19-8-9-24(26-17-19)28-12-14-33-15-13-28)21-5-3-6-22(16-21)34(31,32)29-11-10-20-4-1-2-7-23(20)29/h1-9,16-17H,10-15,18H2,(H,27,30). The molecule has 0 atom stereocenters. The fourth-order valence-corrected chi connectivity index (χ4v) is 5.82. The summed E-state index contributed by atoms with van der Waals surface area (Å²) in [5, 5.41) is 2.86. The van der Waals surface area contributed by atoms with E-state index in [-0.39, 0.29) is 10.8 Å². The number of sulfonamides is 1. The predicted octanol–water partition coefficient (Wildman–Crippen LogP) is 2.60. The van der Waals surface area contributed by atoms with Crippen LogP contribution in [0.3, 0.4) is 0 Å². The molecule has 1 aromatic heterocycles. The number of carbonyl (C=O) groups excluding carboxylic acids is 1. The smallest absolute Gasteiger partial charge is 0.264 e. The van der Waals surface area contributed by atoms with Gasteiger partial charge in [0.2, 0.25) is 0 Å². The number of ether oxygens (including phenoxy) is 1. The van der Waals surface area contributed by atoms with Gasteiger partial charge in [-0.1, -0.05) is 30.3 Å². The molecule has 0 saturated carbocycles. The second-order valence-corrected chi connectivity index (χ2v) is 10.2. The topological polar surface area (TPSA) is 91.8 Å². The molecule has 3 aromatic rings. The zero-order valence-corrected chi connectivity index (χ0v) is 19.5. The lowest BCUT2D eigenvalue weighted by Crippen LogP contribution is -2.36. The summed E-state index contributed by atoms with van der Waals surface area (Å²) in [4.78, 5) is 19.5. The molecule has 9 heteroatoms. The molecule has 2 aliphatic rings. The van der Waals surface area contributed by atoms with Gasteiger partial charge >= 0.3 is 0 Å². The first-order valence-corrected chi connectivity index (χ1v) is 12.7. The van der Waals surface area contributed by atoms with Gasteiger partial charge < -0.3 is 15.0 Å². The Balaban J connectivity index is 1.26. The largest absolute Gasteiger partial charge is 0.378 e. The molecule has 1 saturated heterocycles. The van der Waals surface area contributed by atoms with Crippen molar-refractivity contribution in [3.8, 4) is 0 Å². The molecule has 0 unspecified atom stereocenters. The molecule has 1 amide bonds. The van der Waals surface area contributed by atoms with Gasteiger partial charge in [-0.2, -0.15) is 0 Å². The number of hydrogen-bond acceptors (Lipinski definition) is 6. The lowest BCUT2D eigenvalue weighted by molar-refractivity contribution is 0.0950. The summed E-state index contributed by atoms with van der Waals surface area (Å²) in [5.41, 5.74) is 2.87. The van der Waals surface area contributed by atoms with Crippen molar-refractivity contribution in [3.63, 3.8) is 0 Å². The molecule has 176 valence electrons. The van der Waals surface area contributed by atoms with Crippen molar-refractivity contribution >= 4 is 27.4 Å². The van der Waals surface area contributed by atoms with Crippen LogP contribution in [-0.2, 0) is 27.7 Å². The summed E-state index contributed by atoms with van der Waals surface area (Å²) in [6.45, 7) is 3.70. The average Bonchev–Trinajstić information content (AvgIpc) is 3.33. The Morgan fingerprint density at radius 2 is 1.82 bits per heavy atom. The lowest BCUT2D eigenvalue weighted by Gasteiger charge is -2.27. The molecule has 5 rings (SSSR count). The predicted molar refractivity (Wildman–Crippen MR) is 130 cm³/mol. The van der Waals surface area contributed by atoms with E-state index in [1.165, 1.54) is 16.4 Å². The highest BCUT2D eigenvalue weighted by Gasteiger charge is 2.30. The van der Waals surface area contributed by atoms with Crippen molar-refractivity contribution in [1.82, 2.24) is 10.3 Å². The van der Waals surface area contributed by atoms with Crippen molar-refractivity contribution in [2.45, 2.75) is 17.9 Å². The molecule has 0 bridgehead atoms. The molecule has 1 N–H and O–H groups in total. The van der Waals surface area contributed by atoms with E-state index in [1.54, 1.807) is 18.3 Å². The number of nitrogens with zero attached hydrogens (tertiary/aromatic N) is 3. The molecule has 34 heavy (non-hydrogen) atoms. The highest BCUT2D eigenvalue weighted by molar-refractivity contribution is 7.92. The Labute approximate surface area is 199 Å². The van der Waals surface area contributed by atoms with E-state index in [0.717, 1.165) is 30.0 Å². The van der Waals surface area contributed by atoms with Gasteiger partial charge in [0.15, 0.2) is 0 Å². The molecular formula is C25H26N4O4S. The first-order valence-electron chi connectivity index (χ1n) is 11.3. The SMILES string of the molecule is O=C(NCc1ccc(N2CCOCC2)nc1)c1cccc(S(=O)(=O)N2CCc3ccccc32)c1. The third-order valence-electron chi connectivity index (χ3n) is 6.13. The maximum atomic E-state index is 13.3. The highest BCUT2D eigenvalue weighted by Crippen LogP contribution is 2.32. The monoisotopic (exact) mass is 478 g/mol. The second kappa shape index (κ2) is 9.44. The molecule has 0 radical (unpaired) electrons. The number of anilines is 2. The van der Waals surface area contributed by atoms with E-state index in [4.69, 9.17) is 4.74 Å². The number of amides is 1. The van der Waals surface area contributed by atoms with Crippen LogP contribution in [0.25, 0.3) is 0 Å². The minimum atomic E-state index is -3.76. The van der Waals surface area contributed by atoms with E-state index in [0.29, 0.717) is 44.0 Å². The van der Waals surface area contributed by atoms with Crippen LogP contribution in [0.4, 0.5) is 11.5 Å². The molecule has 1 fully saturated rings. The van der Waals surface area contributed by atoms with E-state index in [2.05, 4.69) is 15.2 Å². The summed E-state index contributed by atoms with van der Waals surface area (Å²) < 4.78 is 33.4. The van der Waals surface area contributed by atoms with Crippen molar-refractivity contribution in [1.29, 1.82) is 0 Å². The van der Waals surface area contributed by atoms with Gasteiger partial charge in [0.1, 0.15) is 5.82 Å². The van der Waals surface area contributed by atoms with E-state index in [1.807, 2.05) is 36.4 Å². The Bertz CT molecular complexity index is 1290. The van der Waals surface area contributed by atoms with Crippen LogP contribution in [0.1, 0.15) is 21.5 Å². The number of fused-ring (bicyclic) bond motifs is 1. The first kappa shape index (κ1) is 22.4. The zero-order valence-electron chi connectivity index (χ0n) is 18.7. The number of aromatic nitrogens is 1. The van der Waals surface area contributed by atoms with Gasteiger partial charge in [0.05, 0.1) is 23.8 Å². The second-order valence-electron chi connectivity index (χ2n) is 8.29. The van der Waals surface area contributed by atoms with Gasteiger partial charge in [-0.05, 0) is 47.9 Å². The van der Waals surface area contributed by atoms with E-state index in [9.17, 15) is 13.2 Å². The number of nitrogens with one attached hydrogen (secondary N) is 1. The summed E-state index contributed by atoms with van der Waals surface area (Å²) >= 11 is 0. The number of rotatable bonds is 6. The molecular weight excluding hydrogens is 452 g/mol. The molecule has 3 heterocycles. The molecule has 0 aliphatic carbocycles. The summed E-state index contributed by atoms with van der Waals surface area (Å²) in [5.74, 6) is 0.552. The van der Waals surface area contributed by atoms with Crippen LogP contribution in [0, 0.1) is 0 Å². The van der Waals surface area contributed by atoms with Gasteiger partial charge in [0.25, 0.3) is 15.9 Å².